The highest BCUT2D eigenvalue weighted by molar-refractivity contribution is 5.80. The molecule has 0 bridgehead atoms. The number of hydrogen-bond donors (Lipinski definition) is 2. The Labute approximate surface area is 126 Å². The zero-order chi connectivity index (χ0) is 15.2. The van der Waals surface area contributed by atoms with Crippen LogP contribution in [-0.4, -0.2) is 31.1 Å². The normalized spacial score (nSPS) is 16.3. The zero-order valence-electron chi connectivity index (χ0n) is 13.0. The van der Waals surface area contributed by atoms with Crippen LogP contribution in [0, 0.1) is 0 Å². The maximum Gasteiger partial charge on any atom is 0.260 e. The number of benzene rings is 1. The van der Waals surface area contributed by atoms with Crippen molar-refractivity contribution in [2.24, 2.45) is 0 Å². The van der Waals surface area contributed by atoms with E-state index in [9.17, 15) is 4.79 Å². The van der Waals surface area contributed by atoms with Crippen molar-refractivity contribution in [3.05, 3.63) is 35.9 Å². The van der Waals surface area contributed by atoms with E-state index in [1.807, 2.05) is 26.0 Å². The first kappa shape index (κ1) is 15.6. The average Bonchev–Trinajstić information content (AvgIpc) is 2.48. The van der Waals surface area contributed by atoms with E-state index >= 15 is 0 Å². The van der Waals surface area contributed by atoms with Gasteiger partial charge >= 0.3 is 0 Å². The Hall–Kier alpha value is -1.81. The first-order valence-electron chi connectivity index (χ1n) is 7.53. The molecule has 4 nitrogen and oxygen atoms in total. The molecule has 1 heterocycles. The van der Waals surface area contributed by atoms with Gasteiger partial charge in [-0.15, -0.1) is 0 Å². The van der Waals surface area contributed by atoms with E-state index in [2.05, 4.69) is 28.8 Å². The second-order valence-corrected chi connectivity index (χ2v) is 5.63. The van der Waals surface area contributed by atoms with Crippen molar-refractivity contribution in [2.45, 2.75) is 39.3 Å². The van der Waals surface area contributed by atoms with Crippen LogP contribution in [0.15, 0.2) is 30.3 Å². The van der Waals surface area contributed by atoms with E-state index in [0.717, 1.165) is 25.3 Å². The lowest BCUT2D eigenvalue weighted by Gasteiger charge is -2.17. The van der Waals surface area contributed by atoms with Gasteiger partial charge in [-0.05, 0) is 57.0 Å². The number of nitrogens with one attached hydrogen (secondary N) is 2. The summed E-state index contributed by atoms with van der Waals surface area (Å²) in [6.45, 7) is 7.59. The van der Waals surface area contributed by atoms with Crippen molar-refractivity contribution in [3.63, 3.8) is 0 Å². The maximum absolute atomic E-state index is 11.8. The van der Waals surface area contributed by atoms with Gasteiger partial charge in [0.25, 0.3) is 5.91 Å². The average molecular weight is 288 g/mol. The summed E-state index contributed by atoms with van der Waals surface area (Å²) < 4.78 is 5.68. The van der Waals surface area contributed by atoms with Gasteiger partial charge in [-0.2, -0.15) is 0 Å². The minimum absolute atomic E-state index is 0.0878. The molecule has 1 aromatic rings. The SMILES string of the molecule is CC(C)NC(=O)C(C)Oc1ccc(C2=CCNCC2)cc1. The number of carbonyl (C=O) groups excluding carboxylic acids is 1. The van der Waals surface area contributed by atoms with Gasteiger partial charge in [0, 0.05) is 12.6 Å². The number of amides is 1. The molecule has 1 atom stereocenters. The molecular weight excluding hydrogens is 264 g/mol. The van der Waals surface area contributed by atoms with Crippen LogP contribution in [0.25, 0.3) is 5.57 Å². The summed E-state index contributed by atoms with van der Waals surface area (Å²) in [5, 5.41) is 6.15. The highest BCUT2D eigenvalue weighted by Gasteiger charge is 2.15. The fourth-order valence-electron chi connectivity index (χ4n) is 2.29. The number of carbonyl (C=O) groups is 1. The van der Waals surface area contributed by atoms with Crippen molar-refractivity contribution in [3.8, 4) is 5.75 Å². The number of ether oxygens (including phenoxy) is 1. The number of hydrogen-bond acceptors (Lipinski definition) is 3. The standard InChI is InChI=1S/C17H24N2O2/c1-12(2)19-17(20)13(3)21-16-6-4-14(5-7-16)15-8-10-18-11-9-15/h4-8,12-13,18H,9-11H2,1-3H3,(H,19,20). The van der Waals surface area contributed by atoms with Gasteiger partial charge in [-0.25, -0.2) is 0 Å². The summed E-state index contributed by atoms with van der Waals surface area (Å²) in [5.74, 6) is 0.634. The van der Waals surface area contributed by atoms with Gasteiger partial charge in [0.15, 0.2) is 6.10 Å². The molecule has 0 saturated heterocycles. The van der Waals surface area contributed by atoms with Crippen LogP contribution in [0.4, 0.5) is 0 Å². The first-order chi connectivity index (χ1) is 10.1. The monoisotopic (exact) mass is 288 g/mol. The minimum atomic E-state index is -0.489. The van der Waals surface area contributed by atoms with Gasteiger partial charge in [0.2, 0.25) is 0 Å². The summed E-state index contributed by atoms with van der Waals surface area (Å²) in [4.78, 5) is 11.8. The molecule has 2 rings (SSSR count). The van der Waals surface area contributed by atoms with Gasteiger partial charge in [-0.3, -0.25) is 4.79 Å². The number of rotatable bonds is 5. The minimum Gasteiger partial charge on any atom is -0.481 e. The fraction of sp³-hybridized carbons (Fsp3) is 0.471. The van der Waals surface area contributed by atoms with Crippen LogP contribution in [0.3, 0.4) is 0 Å². The highest BCUT2D eigenvalue weighted by Crippen LogP contribution is 2.22. The third-order valence-corrected chi connectivity index (χ3v) is 3.40. The molecule has 21 heavy (non-hydrogen) atoms. The van der Waals surface area contributed by atoms with Crippen molar-refractivity contribution in [2.75, 3.05) is 13.1 Å². The Morgan fingerprint density at radius 2 is 1.95 bits per heavy atom. The smallest absolute Gasteiger partial charge is 0.260 e. The van der Waals surface area contributed by atoms with E-state index in [1.54, 1.807) is 6.92 Å². The van der Waals surface area contributed by atoms with Crippen LogP contribution in [0.5, 0.6) is 5.75 Å². The summed E-state index contributed by atoms with van der Waals surface area (Å²) in [7, 11) is 0. The molecule has 0 aliphatic carbocycles. The van der Waals surface area contributed by atoms with Crippen LogP contribution in [0.1, 0.15) is 32.8 Å². The third-order valence-electron chi connectivity index (χ3n) is 3.40. The second-order valence-electron chi connectivity index (χ2n) is 5.63. The Bertz CT molecular complexity index is 506. The first-order valence-corrected chi connectivity index (χ1v) is 7.53. The summed E-state index contributed by atoms with van der Waals surface area (Å²) in [5.41, 5.74) is 2.59. The lowest BCUT2D eigenvalue weighted by atomic mass is 10.0. The molecular formula is C17H24N2O2. The molecule has 4 heteroatoms. The molecule has 0 saturated carbocycles. The molecule has 1 aliphatic heterocycles. The second kappa shape index (κ2) is 7.27. The van der Waals surface area contributed by atoms with Gasteiger partial charge in [0.05, 0.1) is 0 Å². The lowest BCUT2D eigenvalue weighted by Crippen LogP contribution is -2.40. The predicted molar refractivity (Wildman–Crippen MR) is 85.3 cm³/mol. The molecule has 0 radical (unpaired) electrons. The van der Waals surface area contributed by atoms with Crippen LogP contribution < -0.4 is 15.4 Å². The van der Waals surface area contributed by atoms with Crippen molar-refractivity contribution < 1.29 is 9.53 Å². The van der Waals surface area contributed by atoms with Crippen LogP contribution >= 0.6 is 0 Å². The van der Waals surface area contributed by atoms with Crippen molar-refractivity contribution in [1.29, 1.82) is 0 Å². The zero-order valence-corrected chi connectivity index (χ0v) is 13.0. The van der Waals surface area contributed by atoms with E-state index in [-0.39, 0.29) is 11.9 Å². The Morgan fingerprint density at radius 3 is 2.52 bits per heavy atom. The quantitative estimate of drug-likeness (QED) is 0.874. The van der Waals surface area contributed by atoms with Gasteiger partial charge in [0.1, 0.15) is 5.75 Å². The van der Waals surface area contributed by atoms with E-state index in [4.69, 9.17) is 4.74 Å². The van der Waals surface area contributed by atoms with E-state index < -0.39 is 6.10 Å². The summed E-state index contributed by atoms with van der Waals surface area (Å²) >= 11 is 0. The molecule has 0 spiro atoms. The maximum atomic E-state index is 11.8. The molecule has 114 valence electrons. The van der Waals surface area contributed by atoms with Gasteiger partial charge in [-0.1, -0.05) is 18.2 Å². The van der Waals surface area contributed by atoms with E-state index in [1.165, 1.54) is 11.1 Å². The summed E-state index contributed by atoms with van der Waals surface area (Å²) in [6, 6.07) is 8.09. The predicted octanol–water partition coefficient (Wildman–Crippen LogP) is 2.36. The topological polar surface area (TPSA) is 50.4 Å². The fourth-order valence-corrected chi connectivity index (χ4v) is 2.29. The molecule has 2 N–H and O–H groups in total. The third kappa shape index (κ3) is 4.60. The van der Waals surface area contributed by atoms with Crippen LogP contribution in [-0.2, 0) is 4.79 Å². The molecule has 0 aromatic heterocycles. The van der Waals surface area contributed by atoms with Gasteiger partial charge < -0.3 is 15.4 Å². The molecule has 1 amide bonds. The highest BCUT2D eigenvalue weighted by atomic mass is 16.5. The molecule has 1 unspecified atom stereocenters. The Balaban J connectivity index is 1.96. The Kier molecular flexibility index (Phi) is 5.39. The molecule has 1 aliphatic rings. The van der Waals surface area contributed by atoms with Crippen LogP contribution in [0.2, 0.25) is 0 Å². The van der Waals surface area contributed by atoms with Crippen molar-refractivity contribution >= 4 is 11.5 Å². The lowest BCUT2D eigenvalue weighted by molar-refractivity contribution is -0.127. The van der Waals surface area contributed by atoms with Crippen molar-refractivity contribution in [1.82, 2.24) is 10.6 Å². The Morgan fingerprint density at radius 1 is 1.24 bits per heavy atom. The summed E-state index contributed by atoms with van der Waals surface area (Å²) in [6.07, 6.45) is 2.78. The molecule has 1 aromatic carbocycles. The molecule has 0 fully saturated rings. The van der Waals surface area contributed by atoms with E-state index in [0.29, 0.717) is 0 Å². The largest absolute Gasteiger partial charge is 0.481 e.